The fourth-order valence-corrected chi connectivity index (χ4v) is 3.11. The van der Waals surface area contributed by atoms with Gasteiger partial charge in [0.2, 0.25) is 0 Å². The second-order valence-corrected chi connectivity index (χ2v) is 6.02. The lowest BCUT2D eigenvalue weighted by atomic mass is 10.2. The van der Waals surface area contributed by atoms with Crippen molar-refractivity contribution in [2.75, 3.05) is 44.7 Å². The summed E-state index contributed by atoms with van der Waals surface area (Å²) in [6.45, 7) is 7.39. The number of rotatable bonds is 5. The van der Waals surface area contributed by atoms with E-state index in [-0.39, 0.29) is 0 Å². The molecule has 0 bridgehead atoms. The molecule has 1 fully saturated rings. The molecule has 0 saturated carbocycles. The van der Waals surface area contributed by atoms with Gasteiger partial charge in [0.1, 0.15) is 5.75 Å². The molecule has 0 unspecified atom stereocenters. The third-order valence-corrected chi connectivity index (χ3v) is 4.43. The Bertz CT molecular complexity index is 636. The minimum Gasteiger partial charge on any atom is -0.495 e. The van der Waals surface area contributed by atoms with Crippen LogP contribution in [-0.4, -0.2) is 49.7 Å². The standard InChI is InChI=1S/C19H25N3O/c1-16-6-5-7-17(20-16)10-11-21-12-14-22(15-13-21)18-8-3-4-9-19(18)23-2/h3-9H,10-15H2,1-2H3. The lowest BCUT2D eigenvalue weighted by molar-refractivity contribution is 0.259. The number of hydrogen-bond donors (Lipinski definition) is 0. The summed E-state index contributed by atoms with van der Waals surface area (Å²) in [7, 11) is 1.74. The third kappa shape index (κ3) is 4.02. The maximum atomic E-state index is 5.48. The SMILES string of the molecule is COc1ccccc1N1CCN(CCc2cccc(C)n2)CC1. The summed E-state index contributed by atoms with van der Waals surface area (Å²) in [6.07, 6.45) is 1.02. The number of benzene rings is 1. The zero-order valence-electron chi connectivity index (χ0n) is 14.0. The molecule has 0 N–H and O–H groups in total. The molecule has 23 heavy (non-hydrogen) atoms. The van der Waals surface area contributed by atoms with Crippen LogP contribution in [0, 0.1) is 6.92 Å². The molecule has 1 saturated heterocycles. The van der Waals surface area contributed by atoms with Crippen molar-refractivity contribution in [3.8, 4) is 5.75 Å². The van der Waals surface area contributed by atoms with E-state index in [1.807, 2.05) is 12.1 Å². The Labute approximate surface area is 138 Å². The van der Waals surface area contributed by atoms with Gasteiger partial charge in [-0.2, -0.15) is 0 Å². The average molecular weight is 311 g/mol. The molecule has 2 heterocycles. The van der Waals surface area contributed by atoms with Gasteiger partial charge in [0, 0.05) is 50.5 Å². The van der Waals surface area contributed by atoms with Gasteiger partial charge in [0.05, 0.1) is 12.8 Å². The normalized spacial score (nSPS) is 15.7. The number of methoxy groups -OCH3 is 1. The molecule has 0 aliphatic carbocycles. The summed E-state index contributed by atoms with van der Waals surface area (Å²) in [4.78, 5) is 9.53. The number of aryl methyl sites for hydroxylation is 1. The minimum atomic E-state index is 0.963. The van der Waals surface area contributed by atoms with Crippen LogP contribution in [0.1, 0.15) is 11.4 Å². The van der Waals surface area contributed by atoms with Crippen LogP contribution in [0.5, 0.6) is 5.75 Å². The summed E-state index contributed by atoms with van der Waals surface area (Å²) in [6, 6.07) is 14.5. The van der Waals surface area contributed by atoms with Crippen molar-refractivity contribution in [3.05, 3.63) is 53.9 Å². The molecule has 1 aliphatic heterocycles. The van der Waals surface area contributed by atoms with Crippen molar-refractivity contribution < 1.29 is 4.74 Å². The van der Waals surface area contributed by atoms with Crippen molar-refractivity contribution in [1.29, 1.82) is 0 Å². The molecule has 3 rings (SSSR count). The summed E-state index contributed by atoms with van der Waals surface area (Å²) >= 11 is 0. The van der Waals surface area contributed by atoms with Crippen LogP contribution in [0.2, 0.25) is 0 Å². The molecule has 4 heteroatoms. The molecule has 1 aromatic carbocycles. The summed E-state index contributed by atoms with van der Waals surface area (Å²) < 4.78 is 5.48. The molecule has 0 radical (unpaired) electrons. The molecule has 0 amide bonds. The highest BCUT2D eigenvalue weighted by Gasteiger charge is 2.19. The highest BCUT2D eigenvalue weighted by Crippen LogP contribution is 2.28. The number of hydrogen-bond acceptors (Lipinski definition) is 4. The molecule has 2 aromatic rings. The predicted molar refractivity (Wildman–Crippen MR) is 94.3 cm³/mol. The average Bonchev–Trinajstić information content (AvgIpc) is 2.60. The van der Waals surface area contributed by atoms with Crippen LogP contribution >= 0.6 is 0 Å². The molecule has 1 aliphatic rings. The van der Waals surface area contributed by atoms with E-state index in [1.54, 1.807) is 7.11 Å². The highest BCUT2D eigenvalue weighted by atomic mass is 16.5. The molecule has 0 atom stereocenters. The van der Waals surface area contributed by atoms with Crippen molar-refractivity contribution in [3.63, 3.8) is 0 Å². The first-order valence-corrected chi connectivity index (χ1v) is 8.29. The second kappa shape index (κ2) is 7.47. The Kier molecular flexibility index (Phi) is 5.13. The molecule has 4 nitrogen and oxygen atoms in total. The van der Waals surface area contributed by atoms with E-state index < -0.39 is 0 Å². The van der Waals surface area contributed by atoms with E-state index in [1.165, 1.54) is 11.4 Å². The van der Waals surface area contributed by atoms with Crippen LogP contribution in [0.3, 0.4) is 0 Å². The number of anilines is 1. The topological polar surface area (TPSA) is 28.6 Å². The van der Waals surface area contributed by atoms with Crippen molar-refractivity contribution in [2.24, 2.45) is 0 Å². The Balaban J connectivity index is 1.52. The van der Waals surface area contributed by atoms with Gasteiger partial charge < -0.3 is 9.64 Å². The van der Waals surface area contributed by atoms with Gasteiger partial charge in [-0.15, -0.1) is 0 Å². The van der Waals surface area contributed by atoms with Crippen molar-refractivity contribution in [2.45, 2.75) is 13.3 Å². The quantitative estimate of drug-likeness (QED) is 0.849. The molecule has 122 valence electrons. The molecule has 0 spiro atoms. The van der Waals surface area contributed by atoms with Gasteiger partial charge in [-0.3, -0.25) is 9.88 Å². The number of nitrogens with zero attached hydrogens (tertiary/aromatic N) is 3. The summed E-state index contributed by atoms with van der Waals surface area (Å²) in [5.41, 5.74) is 3.50. The largest absolute Gasteiger partial charge is 0.495 e. The third-order valence-electron chi connectivity index (χ3n) is 4.43. The first-order chi connectivity index (χ1) is 11.3. The number of pyridine rings is 1. The number of aromatic nitrogens is 1. The van der Waals surface area contributed by atoms with E-state index >= 15 is 0 Å². The minimum absolute atomic E-state index is 0.963. The predicted octanol–water partition coefficient (Wildman–Crippen LogP) is 2.76. The smallest absolute Gasteiger partial charge is 0.142 e. The van der Waals surface area contributed by atoms with Crippen LogP contribution in [-0.2, 0) is 6.42 Å². The van der Waals surface area contributed by atoms with Gasteiger partial charge in [-0.1, -0.05) is 18.2 Å². The van der Waals surface area contributed by atoms with Crippen LogP contribution in [0.4, 0.5) is 5.69 Å². The fraction of sp³-hybridized carbons (Fsp3) is 0.421. The second-order valence-electron chi connectivity index (χ2n) is 6.02. The number of para-hydroxylation sites is 2. The molecular weight excluding hydrogens is 286 g/mol. The number of ether oxygens (including phenoxy) is 1. The van der Waals surface area contributed by atoms with Gasteiger partial charge in [-0.25, -0.2) is 0 Å². The highest BCUT2D eigenvalue weighted by molar-refractivity contribution is 5.58. The first kappa shape index (κ1) is 15.8. The van der Waals surface area contributed by atoms with Gasteiger partial charge in [0.15, 0.2) is 0 Å². The Hall–Kier alpha value is -2.07. The van der Waals surface area contributed by atoms with Crippen LogP contribution in [0.15, 0.2) is 42.5 Å². The van der Waals surface area contributed by atoms with Gasteiger partial charge in [-0.05, 0) is 31.2 Å². The lowest BCUT2D eigenvalue weighted by Crippen LogP contribution is -2.47. The fourth-order valence-electron chi connectivity index (χ4n) is 3.11. The lowest BCUT2D eigenvalue weighted by Gasteiger charge is -2.36. The molecule has 1 aromatic heterocycles. The first-order valence-electron chi connectivity index (χ1n) is 8.29. The summed E-state index contributed by atoms with van der Waals surface area (Å²) in [5, 5.41) is 0. The van der Waals surface area contributed by atoms with E-state index in [2.05, 4.69) is 52.0 Å². The van der Waals surface area contributed by atoms with E-state index in [0.29, 0.717) is 0 Å². The van der Waals surface area contributed by atoms with Crippen LogP contribution < -0.4 is 9.64 Å². The zero-order valence-corrected chi connectivity index (χ0v) is 14.0. The van der Waals surface area contributed by atoms with E-state index in [9.17, 15) is 0 Å². The van der Waals surface area contributed by atoms with Crippen molar-refractivity contribution >= 4 is 5.69 Å². The van der Waals surface area contributed by atoms with Gasteiger partial charge >= 0.3 is 0 Å². The van der Waals surface area contributed by atoms with E-state index in [4.69, 9.17) is 4.74 Å². The maximum absolute atomic E-state index is 5.48. The zero-order chi connectivity index (χ0) is 16.1. The Morgan fingerprint density at radius 1 is 1.00 bits per heavy atom. The van der Waals surface area contributed by atoms with E-state index in [0.717, 1.165) is 50.6 Å². The monoisotopic (exact) mass is 311 g/mol. The molecular formula is C19H25N3O. The van der Waals surface area contributed by atoms with Crippen molar-refractivity contribution in [1.82, 2.24) is 9.88 Å². The Morgan fingerprint density at radius 2 is 1.78 bits per heavy atom. The number of piperazine rings is 1. The van der Waals surface area contributed by atoms with Crippen LogP contribution in [0.25, 0.3) is 0 Å². The van der Waals surface area contributed by atoms with Gasteiger partial charge in [0.25, 0.3) is 0 Å². The summed E-state index contributed by atoms with van der Waals surface area (Å²) in [5.74, 6) is 0.963. The maximum Gasteiger partial charge on any atom is 0.142 e. The Morgan fingerprint density at radius 3 is 2.52 bits per heavy atom.